The fraction of sp³-hybridized carbons (Fsp3) is 0.314. The van der Waals surface area contributed by atoms with Crippen LogP contribution in [0.1, 0.15) is 61.4 Å². The Bertz CT molecular complexity index is 1490. The number of halogens is 1. The lowest BCUT2D eigenvalue weighted by Gasteiger charge is -2.13. The van der Waals surface area contributed by atoms with Crippen LogP contribution in [-0.4, -0.2) is 40.5 Å². The maximum absolute atomic E-state index is 14.3. The van der Waals surface area contributed by atoms with Crippen molar-refractivity contribution in [1.82, 2.24) is 9.97 Å². The molecule has 4 aromatic rings. The van der Waals surface area contributed by atoms with Gasteiger partial charge in [0, 0.05) is 36.0 Å². The standard InChI is InChI=1S/C35H37FN2O5/c1-3-4-5-6-7-18-43-29-14-12-25(13-15-29)28-22-37-34(38-23-28)26-10-8-24(9-11-26)19-27(35(40)41)20-33(39)31-17-16-30(42-2)21-32(31)36/h8-17,21-23,27H,3-7,18-20H2,1-2H3,(H,40,41)/t27-/m1/s1. The fourth-order valence-electron chi connectivity index (χ4n) is 4.77. The molecule has 0 aliphatic carbocycles. The number of carboxylic acid groups (broad SMARTS) is 1. The number of benzene rings is 3. The molecule has 3 aromatic carbocycles. The summed E-state index contributed by atoms with van der Waals surface area (Å²) in [5.41, 5.74) is 3.23. The molecule has 0 saturated carbocycles. The first kappa shape index (κ1) is 31.3. The highest BCUT2D eigenvalue weighted by Crippen LogP contribution is 2.25. The topological polar surface area (TPSA) is 98.6 Å². The van der Waals surface area contributed by atoms with Crippen molar-refractivity contribution < 1.29 is 28.6 Å². The van der Waals surface area contributed by atoms with Crippen molar-refractivity contribution in [2.75, 3.05) is 13.7 Å². The number of methoxy groups -OCH3 is 1. The predicted octanol–water partition coefficient (Wildman–Crippen LogP) is 7.82. The number of aromatic nitrogens is 2. The molecule has 4 rings (SSSR count). The highest BCUT2D eigenvalue weighted by molar-refractivity contribution is 5.98. The van der Waals surface area contributed by atoms with Gasteiger partial charge in [-0.25, -0.2) is 14.4 Å². The van der Waals surface area contributed by atoms with Gasteiger partial charge in [0.1, 0.15) is 17.3 Å². The molecule has 43 heavy (non-hydrogen) atoms. The zero-order valence-electron chi connectivity index (χ0n) is 24.6. The predicted molar refractivity (Wildman–Crippen MR) is 164 cm³/mol. The maximum atomic E-state index is 14.3. The second-order valence-corrected chi connectivity index (χ2v) is 10.5. The van der Waals surface area contributed by atoms with Crippen molar-refractivity contribution in [3.05, 3.63) is 96.1 Å². The van der Waals surface area contributed by atoms with E-state index < -0.39 is 23.5 Å². The summed E-state index contributed by atoms with van der Waals surface area (Å²) in [5, 5.41) is 9.73. The summed E-state index contributed by atoms with van der Waals surface area (Å²) < 4.78 is 25.1. The van der Waals surface area contributed by atoms with Crippen LogP contribution in [0.2, 0.25) is 0 Å². The highest BCUT2D eigenvalue weighted by Gasteiger charge is 2.24. The molecule has 0 radical (unpaired) electrons. The average Bonchev–Trinajstić information content (AvgIpc) is 3.03. The van der Waals surface area contributed by atoms with Gasteiger partial charge in [-0.3, -0.25) is 9.59 Å². The van der Waals surface area contributed by atoms with E-state index in [9.17, 15) is 19.1 Å². The number of carbonyl (C=O) groups is 2. The Balaban J connectivity index is 1.33. The van der Waals surface area contributed by atoms with Gasteiger partial charge in [-0.15, -0.1) is 0 Å². The van der Waals surface area contributed by atoms with Crippen LogP contribution >= 0.6 is 0 Å². The SMILES string of the molecule is CCCCCCCOc1ccc(-c2cnc(-c3ccc(C[C@H](CC(=O)c4ccc(OC)cc4F)C(=O)O)cc3)nc2)cc1. The van der Waals surface area contributed by atoms with Crippen molar-refractivity contribution >= 4 is 11.8 Å². The van der Waals surface area contributed by atoms with Crippen molar-refractivity contribution in [3.63, 3.8) is 0 Å². The first-order chi connectivity index (χ1) is 20.9. The Hall–Kier alpha value is -4.59. The number of rotatable bonds is 16. The molecular formula is C35H37FN2O5. The van der Waals surface area contributed by atoms with Gasteiger partial charge in [0.2, 0.25) is 0 Å². The molecule has 0 aliphatic rings. The molecule has 1 N–H and O–H groups in total. The van der Waals surface area contributed by atoms with Crippen molar-refractivity contribution in [1.29, 1.82) is 0 Å². The Labute approximate surface area is 251 Å². The molecule has 1 aromatic heterocycles. The van der Waals surface area contributed by atoms with E-state index in [0.29, 0.717) is 5.82 Å². The van der Waals surface area contributed by atoms with E-state index in [2.05, 4.69) is 16.9 Å². The molecule has 0 spiro atoms. The van der Waals surface area contributed by atoms with E-state index in [4.69, 9.17) is 9.47 Å². The molecule has 8 heteroatoms. The van der Waals surface area contributed by atoms with E-state index in [0.717, 1.165) is 47.1 Å². The Morgan fingerprint density at radius 2 is 1.49 bits per heavy atom. The first-order valence-electron chi connectivity index (χ1n) is 14.6. The normalized spacial score (nSPS) is 11.6. The highest BCUT2D eigenvalue weighted by atomic mass is 19.1. The monoisotopic (exact) mass is 584 g/mol. The number of carboxylic acids is 1. The minimum absolute atomic E-state index is 0.123. The molecule has 0 unspecified atom stereocenters. The molecular weight excluding hydrogens is 547 g/mol. The lowest BCUT2D eigenvalue weighted by molar-refractivity contribution is -0.141. The zero-order chi connectivity index (χ0) is 30.6. The maximum Gasteiger partial charge on any atom is 0.307 e. The molecule has 224 valence electrons. The van der Waals surface area contributed by atoms with Gasteiger partial charge >= 0.3 is 5.97 Å². The van der Waals surface area contributed by atoms with Gasteiger partial charge in [0.05, 0.1) is 25.2 Å². The van der Waals surface area contributed by atoms with Gasteiger partial charge in [0.25, 0.3) is 0 Å². The third-order valence-corrected chi connectivity index (χ3v) is 7.31. The van der Waals surface area contributed by atoms with Gasteiger partial charge in [0.15, 0.2) is 11.6 Å². The molecule has 1 atom stereocenters. The van der Waals surface area contributed by atoms with Crippen LogP contribution in [0.4, 0.5) is 4.39 Å². The second-order valence-electron chi connectivity index (χ2n) is 10.5. The van der Waals surface area contributed by atoms with Gasteiger partial charge in [-0.1, -0.05) is 69.0 Å². The summed E-state index contributed by atoms with van der Waals surface area (Å²) in [4.78, 5) is 33.6. The summed E-state index contributed by atoms with van der Waals surface area (Å²) in [6.45, 7) is 2.93. The fourth-order valence-corrected chi connectivity index (χ4v) is 4.77. The van der Waals surface area contributed by atoms with Gasteiger partial charge < -0.3 is 14.6 Å². The van der Waals surface area contributed by atoms with Crippen molar-refractivity contribution in [3.8, 4) is 34.0 Å². The van der Waals surface area contributed by atoms with E-state index in [-0.39, 0.29) is 24.2 Å². The summed E-state index contributed by atoms with van der Waals surface area (Å²) in [6.07, 6.45) is 9.34. The smallest absolute Gasteiger partial charge is 0.307 e. The van der Waals surface area contributed by atoms with E-state index in [1.807, 2.05) is 36.4 Å². The summed E-state index contributed by atoms with van der Waals surface area (Å²) in [5.74, 6) is -1.76. The Morgan fingerprint density at radius 1 is 0.837 bits per heavy atom. The number of nitrogens with zero attached hydrogens (tertiary/aromatic N) is 2. The number of ketones is 1. The molecule has 0 bridgehead atoms. The number of ether oxygens (including phenoxy) is 2. The largest absolute Gasteiger partial charge is 0.497 e. The van der Waals surface area contributed by atoms with Crippen LogP contribution in [0, 0.1) is 11.7 Å². The quantitative estimate of drug-likeness (QED) is 0.106. The van der Waals surface area contributed by atoms with Crippen LogP contribution in [0.5, 0.6) is 11.5 Å². The molecule has 0 saturated heterocycles. The number of hydrogen-bond acceptors (Lipinski definition) is 6. The van der Waals surface area contributed by atoms with E-state index in [1.54, 1.807) is 24.5 Å². The lowest BCUT2D eigenvalue weighted by atomic mass is 9.91. The average molecular weight is 585 g/mol. The summed E-state index contributed by atoms with van der Waals surface area (Å²) in [7, 11) is 1.40. The third-order valence-electron chi connectivity index (χ3n) is 7.31. The van der Waals surface area contributed by atoms with Gasteiger partial charge in [-0.05, 0) is 48.2 Å². The second kappa shape index (κ2) is 15.6. The number of aliphatic carboxylic acids is 1. The molecule has 0 fully saturated rings. The van der Waals surface area contributed by atoms with Crippen LogP contribution in [-0.2, 0) is 11.2 Å². The number of hydrogen-bond donors (Lipinski definition) is 1. The van der Waals surface area contributed by atoms with E-state index >= 15 is 0 Å². The minimum Gasteiger partial charge on any atom is -0.497 e. The molecule has 0 aliphatic heterocycles. The number of carbonyl (C=O) groups excluding carboxylic acids is 1. The third kappa shape index (κ3) is 8.95. The number of Topliss-reactive ketones (excluding diaryl/α,β-unsaturated/α-hetero) is 1. The number of unbranched alkanes of at least 4 members (excludes halogenated alkanes) is 4. The summed E-state index contributed by atoms with van der Waals surface area (Å²) in [6, 6.07) is 19.0. The Morgan fingerprint density at radius 3 is 2.12 bits per heavy atom. The van der Waals surface area contributed by atoms with Crippen molar-refractivity contribution in [2.24, 2.45) is 5.92 Å². The Kier molecular flexibility index (Phi) is 11.4. The minimum atomic E-state index is -1.12. The van der Waals surface area contributed by atoms with Crippen LogP contribution in [0.15, 0.2) is 79.1 Å². The molecule has 1 heterocycles. The van der Waals surface area contributed by atoms with Crippen LogP contribution in [0.3, 0.4) is 0 Å². The molecule has 7 nitrogen and oxygen atoms in total. The van der Waals surface area contributed by atoms with E-state index in [1.165, 1.54) is 44.9 Å². The molecule has 0 amide bonds. The zero-order valence-corrected chi connectivity index (χ0v) is 24.6. The summed E-state index contributed by atoms with van der Waals surface area (Å²) >= 11 is 0. The van der Waals surface area contributed by atoms with Crippen molar-refractivity contribution in [2.45, 2.75) is 51.9 Å². The van der Waals surface area contributed by atoms with Gasteiger partial charge in [-0.2, -0.15) is 0 Å². The van der Waals surface area contributed by atoms with Crippen LogP contribution in [0.25, 0.3) is 22.5 Å². The first-order valence-corrected chi connectivity index (χ1v) is 14.6. The van der Waals surface area contributed by atoms with Crippen LogP contribution < -0.4 is 9.47 Å². The lowest BCUT2D eigenvalue weighted by Crippen LogP contribution is -2.21.